The van der Waals surface area contributed by atoms with Gasteiger partial charge in [-0.1, -0.05) is 0 Å². The van der Waals surface area contributed by atoms with Crippen molar-refractivity contribution in [3.63, 3.8) is 0 Å². The molecule has 1 aliphatic heterocycles. The largest absolute Gasteiger partial charge is 0.401 e. The summed E-state index contributed by atoms with van der Waals surface area (Å²) in [6, 6.07) is -0.746. The van der Waals surface area contributed by atoms with Crippen molar-refractivity contribution in [2.45, 2.75) is 56.9 Å². The van der Waals surface area contributed by atoms with Crippen molar-refractivity contribution in [1.29, 1.82) is 0 Å². The molecule has 1 saturated carbocycles. The number of hydrogen-bond donors (Lipinski definition) is 2. The molecule has 2 aliphatic rings. The molecule has 0 aromatic carbocycles. The molecule has 7 heteroatoms. The topological polar surface area (TPSA) is 44.4 Å². The van der Waals surface area contributed by atoms with Gasteiger partial charge in [0.15, 0.2) is 0 Å². The fourth-order valence-electron chi connectivity index (χ4n) is 2.63. The van der Waals surface area contributed by atoms with E-state index >= 15 is 0 Å². The fraction of sp³-hybridized carbons (Fsp3) is 0.923. The number of amides is 1. The minimum atomic E-state index is -4.28. The second-order valence-electron chi connectivity index (χ2n) is 5.73. The molecule has 1 heterocycles. The number of halogens is 3. The lowest BCUT2D eigenvalue weighted by Gasteiger charge is -2.38. The minimum absolute atomic E-state index is 0.172. The van der Waals surface area contributed by atoms with Gasteiger partial charge in [-0.05, 0) is 45.7 Å². The van der Waals surface area contributed by atoms with E-state index in [0.29, 0.717) is 25.9 Å². The second-order valence-corrected chi connectivity index (χ2v) is 5.73. The quantitative estimate of drug-likeness (QED) is 0.802. The van der Waals surface area contributed by atoms with Gasteiger partial charge in [0.2, 0.25) is 5.91 Å². The summed E-state index contributed by atoms with van der Waals surface area (Å²) in [7, 11) is 0. The van der Waals surface area contributed by atoms with Crippen LogP contribution < -0.4 is 10.6 Å². The van der Waals surface area contributed by atoms with E-state index in [-0.39, 0.29) is 18.0 Å². The number of nitrogens with zero attached hydrogens (tertiary/aromatic N) is 1. The van der Waals surface area contributed by atoms with E-state index in [0.717, 1.165) is 12.8 Å². The van der Waals surface area contributed by atoms with Crippen LogP contribution in [0.3, 0.4) is 0 Å². The van der Waals surface area contributed by atoms with Crippen molar-refractivity contribution >= 4 is 5.91 Å². The SMILES string of the molecule is CC(C(=O)NC1CC1)N(CC(F)(F)F)C1CCNCC1. The van der Waals surface area contributed by atoms with Crippen LogP contribution in [-0.4, -0.2) is 54.7 Å². The Morgan fingerprint density at radius 1 is 1.30 bits per heavy atom. The lowest BCUT2D eigenvalue weighted by atomic mass is 10.0. The molecular weight excluding hydrogens is 271 g/mol. The molecule has 1 unspecified atom stereocenters. The predicted molar refractivity (Wildman–Crippen MR) is 69.3 cm³/mol. The highest BCUT2D eigenvalue weighted by Gasteiger charge is 2.39. The van der Waals surface area contributed by atoms with Crippen LogP contribution in [0.5, 0.6) is 0 Å². The summed E-state index contributed by atoms with van der Waals surface area (Å²) in [6.07, 6.45) is -1.11. The first-order chi connectivity index (χ1) is 9.37. The summed E-state index contributed by atoms with van der Waals surface area (Å²) in [5, 5.41) is 5.93. The van der Waals surface area contributed by atoms with Crippen LogP contribution in [0.1, 0.15) is 32.6 Å². The molecule has 2 rings (SSSR count). The standard InChI is InChI=1S/C13H22F3N3O/c1-9(12(20)18-10-2-3-10)19(8-13(14,15)16)11-4-6-17-7-5-11/h9-11,17H,2-8H2,1H3,(H,18,20). The number of alkyl halides is 3. The molecule has 2 N–H and O–H groups in total. The molecule has 1 atom stereocenters. The molecule has 0 aromatic heterocycles. The average molecular weight is 293 g/mol. The zero-order chi connectivity index (χ0) is 14.8. The summed E-state index contributed by atoms with van der Waals surface area (Å²) in [6.45, 7) is 1.97. The van der Waals surface area contributed by atoms with Gasteiger partial charge < -0.3 is 10.6 Å². The van der Waals surface area contributed by atoms with Gasteiger partial charge in [0.25, 0.3) is 0 Å². The first-order valence-corrected chi connectivity index (χ1v) is 7.20. The van der Waals surface area contributed by atoms with Gasteiger partial charge in [0.05, 0.1) is 12.6 Å². The van der Waals surface area contributed by atoms with Gasteiger partial charge in [-0.15, -0.1) is 0 Å². The third kappa shape index (κ3) is 4.63. The molecule has 0 aromatic rings. The Balaban J connectivity index is 2.00. The van der Waals surface area contributed by atoms with E-state index in [1.165, 1.54) is 4.90 Å². The summed E-state index contributed by atoms with van der Waals surface area (Å²) < 4.78 is 38.3. The molecule has 1 saturated heterocycles. The fourth-order valence-corrected chi connectivity index (χ4v) is 2.63. The Morgan fingerprint density at radius 2 is 1.90 bits per heavy atom. The van der Waals surface area contributed by atoms with Gasteiger partial charge in [0.1, 0.15) is 0 Å². The first kappa shape index (κ1) is 15.6. The highest BCUT2D eigenvalue weighted by Crippen LogP contribution is 2.24. The number of nitrogens with one attached hydrogen (secondary N) is 2. The van der Waals surface area contributed by atoms with Gasteiger partial charge >= 0.3 is 6.18 Å². The maximum Gasteiger partial charge on any atom is 0.401 e. The third-order valence-electron chi connectivity index (χ3n) is 3.94. The molecule has 116 valence electrons. The van der Waals surface area contributed by atoms with Crippen LogP contribution in [-0.2, 0) is 4.79 Å². The van der Waals surface area contributed by atoms with E-state index < -0.39 is 18.8 Å². The van der Waals surface area contributed by atoms with Crippen LogP contribution in [0.15, 0.2) is 0 Å². The van der Waals surface area contributed by atoms with E-state index in [2.05, 4.69) is 10.6 Å². The molecule has 1 aliphatic carbocycles. The Bertz CT molecular complexity index is 338. The highest BCUT2D eigenvalue weighted by atomic mass is 19.4. The minimum Gasteiger partial charge on any atom is -0.352 e. The summed E-state index contributed by atoms with van der Waals surface area (Å²) in [5.41, 5.74) is 0. The Morgan fingerprint density at radius 3 is 2.40 bits per heavy atom. The number of hydrogen-bond acceptors (Lipinski definition) is 3. The average Bonchev–Trinajstić information content (AvgIpc) is 3.19. The van der Waals surface area contributed by atoms with Crippen LogP contribution in [0.2, 0.25) is 0 Å². The normalized spacial score (nSPS) is 22.9. The Hall–Kier alpha value is -0.820. The summed E-state index contributed by atoms with van der Waals surface area (Å²) >= 11 is 0. The van der Waals surface area contributed by atoms with Crippen LogP contribution in [0.4, 0.5) is 13.2 Å². The van der Waals surface area contributed by atoms with Gasteiger partial charge in [-0.25, -0.2) is 0 Å². The van der Waals surface area contributed by atoms with E-state index in [1.807, 2.05) is 0 Å². The van der Waals surface area contributed by atoms with Crippen LogP contribution >= 0.6 is 0 Å². The molecule has 4 nitrogen and oxygen atoms in total. The third-order valence-corrected chi connectivity index (χ3v) is 3.94. The maximum absolute atomic E-state index is 12.8. The Kier molecular flexibility index (Phi) is 4.90. The van der Waals surface area contributed by atoms with E-state index in [1.54, 1.807) is 6.92 Å². The zero-order valence-electron chi connectivity index (χ0n) is 11.7. The second kappa shape index (κ2) is 6.30. The van der Waals surface area contributed by atoms with Crippen molar-refractivity contribution in [3.05, 3.63) is 0 Å². The highest BCUT2D eigenvalue weighted by molar-refractivity contribution is 5.81. The molecule has 20 heavy (non-hydrogen) atoms. The van der Waals surface area contributed by atoms with Gasteiger partial charge in [0, 0.05) is 12.1 Å². The summed E-state index contributed by atoms with van der Waals surface area (Å²) in [4.78, 5) is 13.3. The van der Waals surface area contributed by atoms with Crippen molar-refractivity contribution < 1.29 is 18.0 Å². The number of piperidine rings is 1. The van der Waals surface area contributed by atoms with Crippen molar-refractivity contribution in [3.8, 4) is 0 Å². The lowest BCUT2D eigenvalue weighted by Crippen LogP contribution is -2.55. The molecule has 0 bridgehead atoms. The van der Waals surface area contributed by atoms with Crippen LogP contribution in [0.25, 0.3) is 0 Å². The Labute approximate surface area is 117 Å². The van der Waals surface area contributed by atoms with Gasteiger partial charge in [-0.3, -0.25) is 9.69 Å². The number of rotatable bonds is 5. The molecule has 1 amide bonds. The van der Waals surface area contributed by atoms with Crippen molar-refractivity contribution in [1.82, 2.24) is 15.5 Å². The number of carbonyl (C=O) groups excluding carboxylic acids is 1. The smallest absolute Gasteiger partial charge is 0.352 e. The predicted octanol–water partition coefficient (Wildman–Crippen LogP) is 1.27. The zero-order valence-corrected chi connectivity index (χ0v) is 11.7. The monoisotopic (exact) mass is 293 g/mol. The summed E-state index contributed by atoms with van der Waals surface area (Å²) in [5.74, 6) is -0.282. The van der Waals surface area contributed by atoms with E-state index in [9.17, 15) is 18.0 Å². The maximum atomic E-state index is 12.8. The number of carbonyl (C=O) groups is 1. The van der Waals surface area contributed by atoms with Gasteiger partial charge in [-0.2, -0.15) is 13.2 Å². The molecule has 0 spiro atoms. The molecular formula is C13H22F3N3O. The van der Waals surface area contributed by atoms with Crippen molar-refractivity contribution in [2.24, 2.45) is 0 Å². The lowest BCUT2D eigenvalue weighted by molar-refractivity contribution is -0.161. The van der Waals surface area contributed by atoms with Crippen LogP contribution in [0, 0.1) is 0 Å². The first-order valence-electron chi connectivity index (χ1n) is 7.20. The molecule has 2 fully saturated rings. The van der Waals surface area contributed by atoms with E-state index in [4.69, 9.17) is 0 Å². The van der Waals surface area contributed by atoms with Crippen molar-refractivity contribution in [2.75, 3.05) is 19.6 Å². The molecule has 0 radical (unpaired) electrons.